The lowest BCUT2D eigenvalue weighted by molar-refractivity contribution is 0.0600. The lowest BCUT2D eigenvalue weighted by atomic mass is 10.1. The second kappa shape index (κ2) is 5.97. The maximum atomic E-state index is 12.5. The van der Waals surface area contributed by atoms with E-state index in [4.69, 9.17) is 0 Å². The number of ether oxygens (including phenoxy) is 1. The number of benzene rings is 1. The fourth-order valence-electron chi connectivity index (χ4n) is 2.60. The van der Waals surface area contributed by atoms with Gasteiger partial charge in [-0.2, -0.15) is 0 Å². The predicted molar refractivity (Wildman–Crippen MR) is 77.4 cm³/mol. The molecule has 1 aliphatic rings. The highest BCUT2D eigenvalue weighted by molar-refractivity contribution is 5.96. The highest BCUT2D eigenvalue weighted by Gasteiger charge is 2.28. The summed E-state index contributed by atoms with van der Waals surface area (Å²) in [4.78, 5) is 25.7. The van der Waals surface area contributed by atoms with Crippen molar-refractivity contribution in [3.8, 4) is 0 Å². The van der Waals surface area contributed by atoms with Crippen LogP contribution in [0.3, 0.4) is 0 Å². The zero-order valence-electron chi connectivity index (χ0n) is 12.2. The average Bonchev–Trinajstić information content (AvgIpc) is 3.24. The first-order chi connectivity index (χ1) is 10.7. The number of hydrogen-bond acceptors (Lipinski definition) is 5. The molecule has 1 amide bonds. The minimum atomic E-state index is -0.411. The average molecular weight is 300 g/mol. The number of carbonyl (C=O) groups is 2. The topological polar surface area (TPSA) is 77.3 Å². The van der Waals surface area contributed by atoms with E-state index >= 15 is 0 Å². The SMILES string of the molecule is COC(=O)c1ccc(C(=O)N2CCC(n3ccnn3)C2)cc1. The Bertz CT molecular complexity index is 667. The first-order valence-electron chi connectivity index (χ1n) is 7.02. The molecule has 1 aromatic carbocycles. The molecule has 0 N–H and O–H groups in total. The Morgan fingerprint density at radius 1 is 1.23 bits per heavy atom. The number of esters is 1. The first-order valence-corrected chi connectivity index (χ1v) is 7.02. The molecule has 0 saturated carbocycles. The van der Waals surface area contributed by atoms with Crippen LogP contribution in [-0.4, -0.2) is 52.0 Å². The Balaban J connectivity index is 1.68. The summed E-state index contributed by atoms with van der Waals surface area (Å²) in [6.07, 6.45) is 4.30. The molecule has 114 valence electrons. The molecule has 7 heteroatoms. The van der Waals surface area contributed by atoms with Crippen molar-refractivity contribution in [2.24, 2.45) is 0 Å². The van der Waals surface area contributed by atoms with Gasteiger partial charge in [0.1, 0.15) is 0 Å². The van der Waals surface area contributed by atoms with E-state index in [0.717, 1.165) is 6.42 Å². The number of amides is 1. The lowest BCUT2D eigenvalue weighted by Gasteiger charge is -2.16. The standard InChI is InChI=1S/C15H16N4O3/c1-22-15(21)12-4-2-11(3-5-12)14(20)18-8-6-13(10-18)19-9-7-16-17-19/h2-5,7,9,13H,6,8,10H2,1H3. The predicted octanol–water partition coefficient (Wildman–Crippen LogP) is 1.15. The van der Waals surface area contributed by atoms with E-state index in [-0.39, 0.29) is 11.9 Å². The number of carbonyl (C=O) groups excluding carboxylic acids is 2. The summed E-state index contributed by atoms with van der Waals surface area (Å²) in [6.45, 7) is 1.29. The molecule has 22 heavy (non-hydrogen) atoms. The molecule has 1 aromatic heterocycles. The van der Waals surface area contributed by atoms with Crippen molar-refractivity contribution in [1.82, 2.24) is 19.9 Å². The molecule has 2 heterocycles. The van der Waals surface area contributed by atoms with Gasteiger partial charge in [0.2, 0.25) is 0 Å². The monoisotopic (exact) mass is 300 g/mol. The zero-order chi connectivity index (χ0) is 15.5. The molecule has 0 bridgehead atoms. The van der Waals surface area contributed by atoms with Crippen molar-refractivity contribution in [1.29, 1.82) is 0 Å². The van der Waals surface area contributed by atoms with Crippen molar-refractivity contribution in [3.63, 3.8) is 0 Å². The third kappa shape index (κ3) is 2.69. The third-order valence-corrected chi connectivity index (χ3v) is 3.82. The van der Waals surface area contributed by atoms with E-state index in [9.17, 15) is 9.59 Å². The molecule has 1 unspecified atom stereocenters. The van der Waals surface area contributed by atoms with E-state index < -0.39 is 5.97 Å². The number of aromatic nitrogens is 3. The molecule has 7 nitrogen and oxygen atoms in total. The van der Waals surface area contributed by atoms with Crippen molar-refractivity contribution in [2.75, 3.05) is 20.2 Å². The second-order valence-corrected chi connectivity index (χ2v) is 5.15. The number of rotatable bonds is 3. The lowest BCUT2D eigenvalue weighted by Crippen LogP contribution is -2.29. The van der Waals surface area contributed by atoms with Crippen LogP contribution in [0.2, 0.25) is 0 Å². The third-order valence-electron chi connectivity index (χ3n) is 3.82. The van der Waals surface area contributed by atoms with Gasteiger partial charge in [0.25, 0.3) is 5.91 Å². The second-order valence-electron chi connectivity index (χ2n) is 5.15. The maximum absolute atomic E-state index is 12.5. The van der Waals surface area contributed by atoms with Gasteiger partial charge < -0.3 is 9.64 Å². The van der Waals surface area contributed by atoms with Crippen molar-refractivity contribution in [2.45, 2.75) is 12.5 Å². The quantitative estimate of drug-likeness (QED) is 0.795. The summed E-state index contributed by atoms with van der Waals surface area (Å²) >= 11 is 0. The van der Waals surface area contributed by atoms with Gasteiger partial charge in [-0.3, -0.25) is 4.79 Å². The number of likely N-dealkylation sites (tertiary alicyclic amines) is 1. The molecule has 2 aromatic rings. The molecule has 0 radical (unpaired) electrons. The number of nitrogens with zero attached hydrogens (tertiary/aromatic N) is 4. The Kier molecular flexibility index (Phi) is 3.86. The number of methoxy groups -OCH3 is 1. The summed E-state index contributed by atoms with van der Waals surface area (Å²) < 4.78 is 6.43. The van der Waals surface area contributed by atoms with Gasteiger partial charge in [-0.1, -0.05) is 5.21 Å². The van der Waals surface area contributed by atoms with Gasteiger partial charge in [-0.05, 0) is 30.7 Å². The zero-order valence-corrected chi connectivity index (χ0v) is 12.2. The van der Waals surface area contributed by atoms with E-state index in [0.29, 0.717) is 24.2 Å². The van der Waals surface area contributed by atoms with Crippen LogP contribution in [0, 0.1) is 0 Å². The maximum Gasteiger partial charge on any atom is 0.337 e. The highest BCUT2D eigenvalue weighted by Crippen LogP contribution is 2.22. The molecular weight excluding hydrogens is 284 g/mol. The van der Waals surface area contributed by atoms with Crippen LogP contribution in [0.1, 0.15) is 33.2 Å². The Hall–Kier alpha value is -2.70. The van der Waals surface area contributed by atoms with E-state index in [1.807, 2.05) is 6.20 Å². The summed E-state index contributed by atoms with van der Waals surface area (Å²) in [5.41, 5.74) is 0.993. The summed E-state index contributed by atoms with van der Waals surface area (Å²) in [6, 6.07) is 6.67. The summed E-state index contributed by atoms with van der Waals surface area (Å²) in [7, 11) is 1.33. The summed E-state index contributed by atoms with van der Waals surface area (Å²) in [5, 5.41) is 7.78. The van der Waals surface area contributed by atoms with Gasteiger partial charge in [0.05, 0.1) is 24.9 Å². The Morgan fingerprint density at radius 2 is 1.95 bits per heavy atom. The van der Waals surface area contributed by atoms with Crippen LogP contribution < -0.4 is 0 Å². The van der Waals surface area contributed by atoms with Gasteiger partial charge in [-0.25, -0.2) is 9.48 Å². The minimum Gasteiger partial charge on any atom is -0.465 e. The Labute approximate surface area is 127 Å². The highest BCUT2D eigenvalue weighted by atomic mass is 16.5. The molecular formula is C15H16N4O3. The van der Waals surface area contributed by atoms with E-state index in [1.54, 1.807) is 40.0 Å². The smallest absolute Gasteiger partial charge is 0.337 e. The van der Waals surface area contributed by atoms with Gasteiger partial charge in [-0.15, -0.1) is 5.10 Å². The minimum absolute atomic E-state index is 0.0426. The van der Waals surface area contributed by atoms with Crippen LogP contribution >= 0.6 is 0 Å². The van der Waals surface area contributed by atoms with E-state index in [2.05, 4.69) is 15.0 Å². The van der Waals surface area contributed by atoms with Crippen LogP contribution in [0.4, 0.5) is 0 Å². The fourth-order valence-corrected chi connectivity index (χ4v) is 2.60. The van der Waals surface area contributed by atoms with Crippen LogP contribution in [0.25, 0.3) is 0 Å². The van der Waals surface area contributed by atoms with Gasteiger partial charge in [0, 0.05) is 24.8 Å². The molecule has 1 atom stereocenters. The van der Waals surface area contributed by atoms with Crippen LogP contribution in [0.15, 0.2) is 36.7 Å². The molecule has 1 fully saturated rings. The normalized spacial score (nSPS) is 17.5. The molecule has 0 aliphatic carbocycles. The molecule has 3 rings (SSSR count). The summed E-state index contributed by atoms with van der Waals surface area (Å²) in [5.74, 6) is -0.453. The Morgan fingerprint density at radius 3 is 2.59 bits per heavy atom. The van der Waals surface area contributed by atoms with Crippen molar-refractivity contribution in [3.05, 3.63) is 47.8 Å². The molecule has 0 spiro atoms. The largest absolute Gasteiger partial charge is 0.465 e. The van der Waals surface area contributed by atoms with E-state index in [1.165, 1.54) is 7.11 Å². The van der Waals surface area contributed by atoms with Gasteiger partial charge in [0.15, 0.2) is 0 Å². The first kappa shape index (κ1) is 14.2. The number of hydrogen-bond donors (Lipinski definition) is 0. The fraction of sp³-hybridized carbons (Fsp3) is 0.333. The molecule has 1 aliphatic heterocycles. The van der Waals surface area contributed by atoms with Crippen LogP contribution in [-0.2, 0) is 4.74 Å². The van der Waals surface area contributed by atoms with Crippen molar-refractivity contribution >= 4 is 11.9 Å². The van der Waals surface area contributed by atoms with Gasteiger partial charge >= 0.3 is 5.97 Å². The van der Waals surface area contributed by atoms with Crippen molar-refractivity contribution < 1.29 is 14.3 Å². The molecule has 1 saturated heterocycles. The van der Waals surface area contributed by atoms with Crippen LogP contribution in [0.5, 0.6) is 0 Å².